The van der Waals surface area contributed by atoms with E-state index in [-0.39, 0.29) is 0 Å². The Hall–Kier alpha value is -1.52. The number of nitrogens with zero attached hydrogens (tertiary/aromatic N) is 2. The maximum absolute atomic E-state index is 6.27. The first kappa shape index (κ1) is 15.9. The summed E-state index contributed by atoms with van der Waals surface area (Å²) in [6.07, 6.45) is 0.922. The minimum atomic E-state index is 0.465. The molecule has 0 amide bonds. The highest BCUT2D eigenvalue weighted by Gasteiger charge is 2.10. The van der Waals surface area contributed by atoms with Crippen LogP contribution in [-0.2, 0) is 26.6 Å². The Morgan fingerprint density at radius 2 is 2.14 bits per heavy atom. The fraction of sp³-hybridized carbons (Fsp3) is 0.438. The van der Waals surface area contributed by atoms with Gasteiger partial charge in [-0.25, -0.2) is 0 Å². The molecule has 0 fully saturated rings. The molecule has 0 aliphatic rings. The second-order valence-electron chi connectivity index (χ2n) is 4.90. The van der Waals surface area contributed by atoms with Gasteiger partial charge in [0.25, 0.3) is 0 Å². The van der Waals surface area contributed by atoms with Crippen LogP contribution in [0.5, 0.6) is 5.75 Å². The maximum atomic E-state index is 6.27. The van der Waals surface area contributed by atoms with Crippen molar-refractivity contribution in [3.63, 3.8) is 0 Å². The van der Waals surface area contributed by atoms with Crippen LogP contribution in [0.1, 0.15) is 30.8 Å². The van der Waals surface area contributed by atoms with Crippen molar-refractivity contribution >= 4 is 11.6 Å². The van der Waals surface area contributed by atoms with Crippen LogP contribution in [0.2, 0.25) is 5.02 Å². The van der Waals surface area contributed by atoms with Crippen molar-refractivity contribution in [3.8, 4) is 5.75 Å². The summed E-state index contributed by atoms with van der Waals surface area (Å²) in [5, 5.41) is 8.37. The van der Waals surface area contributed by atoms with Crippen LogP contribution in [0, 0.1) is 0 Å². The van der Waals surface area contributed by atoms with E-state index < -0.39 is 0 Å². The molecule has 0 atom stereocenters. The molecule has 5 heteroatoms. The zero-order valence-corrected chi connectivity index (χ0v) is 13.6. The second-order valence-corrected chi connectivity index (χ2v) is 5.31. The van der Waals surface area contributed by atoms with E-state index in [1.54, 1.807) is 0 Å². The van der Waals surface area contributed by atoms with Gasteiger partial charge in [0.15, 0.2) is 0 Å². The SMILES string of the molecule is CCNCc1cccc(Cl)c1OCc1cc(CC)nn1C. The first-order valence-corrected chi connectivity index (χ1v) is 7.66. The van der Waals surface area contributed by atoms with Crippen LogP contribution in [-0.4, -0.2) is 16.3 Å². The van der Waals surface area contributed by atoms with E-state index in [0.717, 1.165) is 42.2 Å². The van der Waals surface area contributed by atoms with Crippen LogP contribution in [0.4, 0.5) is 0 Å². The van der Waals surface area contributed by atoms with Gasteiger partial charge in [-0.1, -0.05) is 37.6 Å². The van der Waals surface area contributed by atoms with Gasteiger partial charge in [0, 0.05) is 19.2 Å². The van der Waals surface area contributed by atoms with Crippen molar-refractivity contribution in [3.05, 3.63) is 46.2 Å². The predicted octanol–water partition coefficient (Wildman–Crippen LogP) is 3.32. The third-order valence-corrected chi connectivity index (χ3v) is 3.67. The zero-order chi connectivity index (χ0) is 15.2. The Kier molecular flexibility index (Phi) is 5.65. The molecule has 0 aliphatic carbocycles. The molecule has 0 aliphatic heterocycles. The van der Waals surface area contributed by atoms with Gasteiger partial charge >= 0.3 is 0 Å². The number of ether oxygens (including phenoxy) is 1. The molecule has 0 unspecified atom stereocenters. The Morgan fingerprint density at radius 1 is 1.33 bits per heavy atom. The number of para-hydroxylation sites is 1. The highest BCUT2D eigenvalue weighted by molar-refractivity contribution is 6.32. The van der Waals surface area contributed by atoms with Gasteiger partial charge in [0.1, 0.15) is 12.4 Å². The summed E-state index contributed by atoms with van der Waals surface area (Å²) < 4.78 is 7.82. The van der Waals surface area contributed by atoms with Crippen LogP contribution >= 0.6 is 11.6 Å². The van der Waals surface area contributed by atoms with Crippen LogP contribution in [0.25, 0.3) is 0 Å². The smallest absolute Gasteiger partial charge is 0.142 e. The standard InChI is InChI=1S/C16H22ClN3O/c1-4-13-9-14(20(3)19-13)11-21-16-12(10-18-5-2)7-6-8-15(16)17/h6-9,18H,4-5,10-11H2,1-3H3. The number of nitrogens with one attached hydrogen (secondary N) is 1. The number of hydrogen-bond acceptors (Lipinski definition) is 3. The van der Waals surface area contributed by atoms with E-state index in [0.29, 0.717) is 11.6 Å². The molecule has 1 aromatic heterocycles. The molecular formula is C16H22ClN3O. The topological polar surface area (TPSA) is 39.1 Å². The zero-order valence-electron chi connectivity index (χ0n) is 12.8. The molecule has 0 bridgehead atoms. The van der Waals surface area contributed by atoms with Crippen molar-refractivity contribution in [2.24, 2.45) is 7.05 Å². The minimum Gasteiger partial charge on any atom is -0.485 e. The molecule has 1 N–H and O–H groups in total. The lowest BCUT2D eigenvalue weighted by atomic mass is 10.2. The molecule has 2 aromatic rings. The molecule has 2 rings (SSSR count). The Balaban J connectivity index is 2.13. The van der Waals surface area contributed by atoms with Crippen molar-refractivity contribution in [2.45, 2.75) is 33.4 Å². The monoisotopic (exact) mass is 307 g/mol. The number of rotatable bonds is 7. The molecular weight excluding hydrogens is 286 g/mol. The second kappa shape index (κ2) is 7.48. The van der Waals surface area contributed by atoms with Gasteiger partial charge in [0.05, 0.1) is 16.4 Å². The summed E-state index contributed by atoms with van der Waals surface area (Å²) in [5.74, 6) is 0.749. The van der Waals surface area contributed by atoms with Crippen molar-refractivity contribution in [1.29, 1.82) is 0 Å². The Labute approximate surface area is 131 Å². The van der Waals surface area contributed by atoms with E-state index in [9.17, 15) is 0 Å². The Bertz CT molecular complexity index is 595. The first-order valence-electron chi connectivity index (χ1n) is 7.28. The first-order chi connectivity index (χ1) is 10.2. The molecule has 0 spiro atoms. The quantitative estimate of drug-likeness (QED) is 0.853. The van der Waals surface area contributed by atoms with Crippen molar-refractivity contribution < 1.29 is 4.74 Å². The number of halogens is 1. The number of benzene rings is 1. The van der Waals surface area contributed by atoms with Crippen LogP contribution in [0.3, 0.4) is 0 Å². The molecule has 1 heterocycles. The average Bonchev–Trinajstić information content (AvgIpc) is 2.84. The number of aromatic nitrogens is 2. The lowest BCUT2D eigenvalue weighted by Crippen LogP contribution is -2.13. The summed E-state index contributed by atoms with van der Waals surface area (Å²) in [7, 11) is 1.93. The van der Waals surface area contributed by atoms with Crippen molar-refractivity contribution in [1.82, 2.24) is 15.1 Å². The molecule has 4 nitrogen and oxygen atoms in total. The fourth-order valence-electron chi connectivity index (χ4n) is 2.14. The van der Waals surface area contributed by atoms with E-state index in [1.807, 2.05) is 29.9 Å². The molecule has 1 aromatic carbocycles. The summed E-state index contributed by atoms with van der Waals surface area (Å²) in [6.45, 7) is 6.29. The molecule has 0 saturated heterocycles. The molecule has 0 radical (unpaired) electrons. The summed E-state index contributed by atoms with van der Waals surface area (Å²) in [4.78, 5) is 0. The van der Waals surface area contributed by atoms with Gasteiger partial charge in [0.2, 0.25) is 0 Å². The minimum absolute atomic E-state index is 0.465. The van der Waals surface area contributed by atoms with Crippen LogP contribution < -0.4 is 10.1 Å². The number of hydrogen-bond donors (Lipinski definition) is 1. The third-order valence-electron chi connectivity index (χ3n) is 3.37. The lowest BCUT2D eigenvalue weighted by Gasteiger charge is -2.13. The normalized spacial score (nSPS) is 10.9. The van der Waals surface area contributed by atoms with Gasteiger partial charge < -0.3 is 10.1 Å². The molecule has 0 saturated carbocycles. The van der Waals surface area contributed by atoms with E-state index >= 15 is 0 Å². The van der Waals surface area contributed by atoms with Crippen LogP contribution in [0.15, 0.2) is 24.3 Å². The molecule has 114 valence electrons. The summed E-state index contributed by atoms with van der Waals surface area (Å²) in [5.41, 5.74) is 3.19. The maximum Gasteiger partial charge on any atom is 0.142 e. The van der Waals surface area contributed by atoms with Crippen molar-refractivity contribution in [2.75, 3.05) is 6.54 Å². The van der Waals surface area contributed by atoms with E-state index in [2.05, 4.69) is 30.3 Å². The third kappa shape index (κ3) is 3.99. The van der Waals surface area contributed by atoms with E-state index in [4.69, 9.17) is 16.3 Å². The molecule has 21 heavy (non-hydrogen) atoms. The van der Waals surface area contributed by atoms with Gasteiger partial charge in [-0.3, -0.25) is 4.68 Å². The van der Waals surface area contributed by atoms with Gasteiger partial charge in [-0.05, 0) is 25.1 Å². The Morgan fingerprint density at radius 3 is 2.81 bits per heavy atom. The number of aryl methyl sites for hydroxylation is 2. The van der Waals surface area contributed by atoms with E-state index in [1.165, 1.54) is 0 Å². The highest BCUT2D eigenvalue weighted by Crippen LogP contribution is 2.29. The van der Waals surface area contributed by atoms with Gasteiger partial charge in [-0.2, -0.15) is 5.10 Å². The fourth-order valence-corrected chi connectivity index (χ4v) is 2.39. The lowest BCUT2D eigenvalue weighted by molar-refractivity contribution is 0.291. The highest BCUT2D eigenvalue weighted by atomic mass is 35.5. The summed E-state index contributed by atoms with van der Waals surface area (Å²) >= 11 is 6.27. The average molecular weight is 308 g/mol. The largest absolute Gasteiger partial charge is 0.485 e. The predicted molar refractivity (Wildman–Crippen MR) is 85.8 cm³/mol. The summed E-state index contributed by atoms with van der Waals surface area (Å²) in [6, 6.07) is 7.90. The van der Waals surface area contributed by atoms with Gasteiger partial charge in [-0.15, -0.1) is 0 Å².